The van der Waals surface area contributed by atoms with E-state index in [1.54, 1.807) is 0 Å². The van der Waals surface area contributed by atoms with Crippen molar-refractivity contribution in [2.24, 2.45) is 0 Å². The highest BCUT2D eigenvalue weighted by atomic mass is 127. The Hall–Kier alpha value is -0.290. The van der Waals surface area contributed by atoms with Crippen molar-refractivity contribution >= 4 is 22.6 Å². The maximum Gasteiger partial charge on any atom is 0.132 e. The first-order chi connectivity index (χ1) is 7.24. The molecule has 0 aliphatic rings. The maximum absolute atomic E-state index is 5.66. The Labute approximate surface area is 106 Å². The highest BCUT2D eigenvalue weighted by molar-refractivity contribution is 14.1. The van der Waals surface area contributed by atoms with E-state index in [1.807, 2.05) is 18.2 Å². The van der Waals surface area contributed by atoms with E-state index in [9.17, 15) is 0 Å². The number of hydrogen-bond donors (Lipinski definition) is 1. The summed E-state index contributed by atoms with van der Waals surface area (Å²) >= 11 is 2.29. The highest BCUT2D eigenvalue weighted by Gasteiger charge is 1.99. The van der Waals surface area contributed by atoms with Crippen molar-refractivity contribution in [2.45, 2.75) is 26.3 Å². The van der Waals surface area contributed by atoms with Gasteiger partial charge in [0, 0.05) is 12.6 Å². The predicted molar refractivity (Wildman–Crippen MR) is 72.4 cm³/mol. The van der Waals surface area contributed by atoms with Crippen LogP contribution >= 0.6 is 22.6 Å². The third-order valence-electron chi connectivity index (χ3n) is 2.30. The molecule has 0 saturated carbocycles. The number of hydrogen-bond acceptors (Lipinski definition) is 2. The zero-order valence-electron chi connectivity index (χ0n) is 9.29. The smallest absolute Gasteiger partial charge is 0.132 e. The van der Waals surface area contributed by atoms with Gasteiger partial charge >= 0.3 is 0 Å². The SMILES string of the molecule is CCC(C)NCCOc1ccccc1I. The molecule has 1 atom stereocenters. The fourth-order valence-electron chi connectivity index (χ4n) is 1.17. The zero-order valence-corrected chi connectivity index (χ0v) is 11.5. The largest absolute Gasteiger partial charge is 0.491 e. The third-order valence-corrected chi connectivity index (χ3v) is 3.19. The second-order valence-electron chi connectivity index (χ2n) is 3.54. The molecule has 3 heteroatoms. The second-order valence-corrected chi connectivity index (χ2v) is 4.70. The van der Waals surface area contributed by atoms with Crippen LogP contribution in [0, 0.1) is 3.57 Å². The number of halogens is 1. The van der Waals surface area contributed by atoms with Crippen LogP contribution in [0.1, 0.15) is 20.3 Å². The molecular formula is C12H18INO. The molecule has 2 nitrogen and oxygen atoms in total. The first-order valence-corrected chi connectivity index (χ1v) is 6.42. The van der Waals surface area contributed by atoms with Crippen LogP contribution in [0.2, 0.25) is 0 Å². The Morgan fingerprint density at radius 1 is 1.40 bits per heavy atom. The Morgan fingerprint density at radius 2 is 2.13 bits per heavy atom. The number of nitrogens with one attached hydrogen (secondary N) is 1. The maximum atomic E-state index is 5.66. The topological polar surface area (TPSA) is 21.3 Å². The van der Waals surface area contributed by atoms with Gasteiger partial charge in [-0.05, 0) is 48.1 Å². The molecule has 0 fully saturated rings. The average Bonchev–Trinajstić information content (AvgIpc) is 2.26. The predicted octanol–water partition coefficient (Wildman–Crippen LogP) is 3.06. The molecule has 1 unspecified atom stereocenters. The van der Waals surface area contributed by atoms with Crippen LogP contribution in [0.3, 0.4) is 0 Å². The van der Waals surface area contributed by atoms with Gasteiger partial charge in [-0.25, -0.2) is 0 Å². The van der Waals surface area contributed by atoms with Gasteiger partial charge in [0.25, 0.3) is 0 Å². The zero-order chi connectivity index (χ0) is 11.1. The third kappa shape index (κ3) is 4.84. The molecule has 0 aliphatic heterocycles. The van der Waals surface area contributed by atoms with Crippen LogP contribution in [0.25, 0.3) is 0 Å². The van der Waals surface area contributed by atoms with Crippen LogP contribution in [0.5, 0.6) is 5.75 Å². The Balaban J connectivity index is 2.23. The summed E-state index contributed by atoms with van der Waals surface area (Å²) < 4.78 is 6.83. The summed E-state index contributed by atoms with van der Waals surface area (Å²) in [4.78, 5) is 0. The van der Waals surface area contributed by atoms with Crippen LogP contribution in [-0.4, -0.2) is 19.2 Å². The summed E-state index contributed by atoms with van der Waals surface area (Å²) in [5.74, 6) is 0.976. The van der Waals surface area contributed by atoms with Crippen LogP contribution in [-0.2, 0) is 0 Å². The molecule has 0 saturated heterocycles. The van der Waals surface area contributed by atoms with Gasteiger partial charge in [-0.3, -0.25) is 0 Å². The number of para-hydroxylation sites is 1. The lowest BCUT2D eigenvalue weighted by molar-refractivity contribution is 0.304. The van der Waals surface area contributed by atoms with E-state index in [4.69, 9.17) is 4.74 Å². The molecule has 0 spiro atoms. The van der Waals surface area contributed by atoms with Gasteiger partial charge in [0.2, 0.25) is 0 Å². The molecule has 0 aliphatic carbocycles. The summed E-state index contributed by atoms with van der Waals surface area (Å²) in [5, 5.41) is 3.39. The van der Waals surface area contributed by atoms with Crippen LogP contribution in [0.4, 0.5) is 0 Å². The molecule has 15 heavy (non-hydrogen) atoms. The van der Waals surface area contributed by atoms with Crippen molar-refractivity contribution in [1.29, 1.82) is 0 Å². The summed E-state index contributed by atoms with van der Waals surface area (Å²) in [6.07, 6.45) is 1.16. The molecule has 1 aromatic rings. The molecule has 84 valence electrons. The minimum atomic E-state index is 0.573. The first-order valence-electron chi connectivity index (χ1n) is 5.34. The molecule has 0 bridgehead atoms. The molecule has 0 amide bonds. The van der Waals surface area contributed by atoms with Crippen LogP contribution in [0.15, 0.2) is 24.3 Å². The van der Waals surface area contributed by atoms with Gasteiger partial charge < -0.3 is 10.1 Å². The number of benzene rings is 1. The second kappa shape index (κ2) is 7.06. The van der Waals surface area contributed by atoms with Crippen LogP contribution < -0.4 is 10.1 Å². The molecule has 1 aromatic carbocycles. The molecule has 1 rings (SSSR count). The lowest BCUT2D eigenvalue weighted by Crippen LogP contribution is -2.29. The molecule has 0 radical (unpaired) electrons. The van der Waals surface area contributed by atoms with E-state index < -0.39 is 0 Å². The van der Waals surface area contributed by atoms with Gasteiger partial charge in [0.05, 0.1) is 3.57 Å². The minimum Gasteiger partial charge on any atom is -0.491 e. The normalized spacial score (nSPS) is 12.5. The van der Waals surface area contributed by atoms with Gasteiger partial charge in [0.1, 0.15) is 12.4 Å². The van der Waals surface area contributed by atoms with Crippen molar-refractivity contribution in [1.82, 2.24) is 5.32 Å². The Morgan fingerprint density at radius 3 is 2.80 bits per heavy atom. The van der Waals surface area contributed by atoms with E-state index in [0.717, 1.165) is 25.3 Å². The van der Waals surface area contributed by atoms with Crippen molar-refractivity contribution < 1.29 is 4.74 Å². The monoisotopic (exact) mass is 319 g/mol. The molecule has 1 N–H and O–H groups in total. The quantitative estimate of drug-likeness (QED) is 0.643. The minimum absolute atomic E-state index is 0.573. The number of ether oxygens (including phenoxy) is 1. The average molecular weight is 319 g/mol. The first kappa shape index (κ1) is 12.8. The summed E-state index contributed by atoms with van der Waals surface area (Å²) in [5.41, 5.74) is 0. The van der Waals surface area contributed by atoms with Gasteiger partial charge in [0.15, 0.2) is 0 Å². The van der Waals surface area contributed by atoms with Gasteiger partial charge in [-0.2, -0.15) is 0 Å². The van der Waals surface area contributed by atoms with E-state index >= 15 is 0 Å². The highest BCUT2D eigenvalue weighted by Crippen LogP contribution is 2.19. The summed E-state index contributed by atoms with van der Waals surface area (Å²) in [7, 11) is 0. The van der Waals surface area contributed by atoms with Gasteiger partial charge in [-0.1, -0.05) is 19.1 Å². The molecule has 0 aromatic heterocycles. The lowest BCUT2D eigenvalue weighted by atomic mass is 10.3. The molecule has 0 heterocycles. The van der Waals surface area contributed by atoms with Crippen molar-refractivity contribution in [3.05, 3.63) is 27.8 Å². The summed E-state index contributed by atoms with van der Waals surface area (Å²) in [6.45, 7) is 6.00. The van der Waals surface area contributed by atoms with Crippen molar-refractivity contribution in [3.63, 3.8) is 0 Å². The van der Waals surface area contributed by atoms with E-state index in [2.05, 4.69) is 47.8 Å². The fraction of sp³-hybridized carbons (Fsp3) is 0.500. The van der Waals surface area contributed by atoms with Gasteiger partial charge in [-0.15, -0.1) is 0 Å². The van der Waals surface area contributed by atoms with E-state index in [-0.39, 0.29) is 0 Å². The molecular weight excluding hydrogens is 301 g/mol. The Bertz CT molecular complexity index is 291. The number of rotatable bonds is 6. The van der Waals surface area contributed by atoms with Crippen molar-refractivity contribution in [2.75, 3.05) is 13.2 Å². The Kier molecular flexibility index (Phi) is 6.02. The standard InChI is InChI=1S/C12H18INO/c1-3-10(2)14-8-9-15-12-7-5-4-6-11(12)13/h4-7,10,14H,3,8-9H2,1-2H3. The van der Waals surface area contributed by atoms with E-state index in [1.165, 1.54) is 3.57 Å². The van der Waals surface area contributed by atoms with E-state index in [0.29, 0.717) is 6.04 Å². The van der Waals surface area contributed by atoms with Crippen molar-refractivity contribution in [3.8, 4) is 5.75 Å². The summed E-state index contributed by atoms with van der Waals surface area (Å²) in [6, 6.07) is 8.65. The lowest BCUT2D eigenvalue weighted by Gasteiger charge is -2.12. The fourth-order valence-corrected chi connectivity index (χ4v) is 1.72.